The molecule has 5 heteroatoms. The van der Waals surface area contributed by atoms with Crippen molar-refractivity contribution < 1.29 is 14.3 Å². The van der Waals surface area contributed by atoms with E-state index in [1.165, 1.54) is 0 Å². The molecule has 2 amide bonds. The molecule has 0 unspecified atom stereocenters. The predicted octanol–water partition coefficient (Wildman–Crippen LogP) is 5.41. The van der Waals surface area contributed by atoms with Gasteiger partial charge in [-0.1, -0.05) is 78.7 Å². The first-order valence-electron chi connectivity index (χ1n) is 12.6. The topological polar surface area (TPSA) is 58.6 Å². The molecule has 1 N–H and O–H groups in total. The summed E-state index contributed by atoms with van der Waals surface area (Å²) in [5.41, 5.74) is 5.11. The van der Waals surface area contributed by atoms with Crippen LogP contribution in [0, 0.1) is 13.8 Å². The average molecular weight is 487 g/mol. The van der Waals surface area contributed by atoms with E-state index < -0.39 is 6.04 Å². The van der Waals surface area contributed by atoms with Crippen LogP contribution in [0.25, 0.3) is 0 Å². The van der Waals surface area contributed by atoms with E-state index in [4.69, 9.17) is 4.74 Å². The molecule has 2 atom stereocenters. The molecule has 3 aromatic carbocycles. The number of methoxy groups -OCH3 is 1. The van der Waals surface area contributed by atoms with Gasteiger partial charge in [-0.25, -0.2) is 0 Å². The van der Waals surface area contributed by atoms with Crippen LogP contribution in [-0.2, 0) is 29.0 Å². The lowest BCUT2D eigenvalue weighted by molar-refractivity contribution is -0.141. The van der Waals surface area contributed by atoms with E-state index in [9.17, 15) is 9.59 Å². The molecule has 3 aromatic rings. The van der Waals surface area contributed by atoms with Crippen molar-refractivity contribution in [3.05, 3.63) is 101 Å². The Balaban J connectivity index is 2.00. The third-order valence-corrected chi connectivity index (χ3v) is 6.40. The second-order valence-electron chi connectivity index (χ2n) is 9.57. The van der Waals surface area contributed by atoms with E-state index in [-0.39, 0.29) is 24.3 Å². The summed E-state index contributed by atoms with van der Waals surface area (Å²) in [4.78, 5) is 29.2. The van der Waals surface area contributed by atoms with Crippen molar-refractivity contribution in [3.63, 3.8) is 0 Å². The highest BCUT2D eigenvalue weighted by Crippen LogP contribution is 2.20. The van der Waals surface area contributed by atoms with Gasteiger partial charge in [-0.3, -0.25) is 9.59 Å². The van der Waals surface area contributed by atoms with Crippen LogP contribution in [0.2, 0.25) is 0 Å². The fourth-order valence-electron chi connectivity index (χ4n) is 4.41. The number of hydrogen-bond donors (Lipinski definition) is 1. The second kappa shape index (κ2) is 12.9. The normalized spacial score (nSPS) is 12.5. The van der Waals surface area contributed by atoms with E-state index in [0.717, 1.165) is 40.0 Å². The van der Waals surface area contributed by atoms with Crippen LogP contribution < -0.4 is 10.1 Å². The molecule has 190 valence electrons. The van der Waals surface area contributed by atoms with Gasteiger partial charge < -0.3 is 15.0 Å². The van der Waals surface area contributed by atoms with Crippen LogP contribution in [0.1, 0.15) is 48.1 Å². The Morgan fingerprint density at radius 1 is 0.889 bits per heavy atom. The molecule has 0 fully saturated rings. The first-order chi connectivity index (χ1) is 17.3. The number of aryl methyl sites for hydroxylation is 2. The highest BCUT2D eigenvalue weighted by atomic mass is 16.5. The number of hydrogen-bond acceptors (Lipinski definition) is 3. The maximum atomic E-state index is 13.9. The van der Waals surface area contributed by atoms with Crippen molar-refractivity contribution in [2.24, 2.45) is 0 Å². The standard InChI is InChI=1S/C31H38N2O3/c1-6-24(4)32-31(35)29(19-25-11-8-7-9-12-25)33(21-26-13-10-14-28(18-26)36-5)30(34)20-27-16-22(2)15-23(3)17-27/h7-18,24,29H,6,19-21H2,1-5H3,(H,32,35)/t24-,29+/m0/s1. The van der Waals surface area contributed by atoms with Gasteiger partial charge >= 0.3 is 0 Å². The fraction of sp³-hybridized carbons (Fsp3) is 0.355. The summed E-state index contributed by atoms with van der Waals surface area (Å²) in [7, 11) is 1.62. The molecule has 0 aliphatic heterocycles. The number of nitrogens with one attached hydrogen (secondary N) is 1. The van der Waals surface area contributed by atoms with E-state index >= 15 is 0 Å². The largest absolute Gasteiger partial charge is 0.497 e. The van der Waals surface area contributed by atoms with Gasteiger partial charge in [0.15, 0.2) is 0 Å². The Bertz CT molecular complexity index is 1140. The zero-order chi connectivity index (χ0) is 26.1. The van der Waals surface area contributed by atoms with Gasteiger partial charge in [0.05, 0.1) is 13.5 Å². The lowest BCUT2D eigenvalue weighted by atomic mass is 10.00. The van der Waals surface area contributed by atoms with Gasteiger partial charge in [-0.05, 0) is 56.0 Å². The Morgan fingerprint density at radius 2 is 1.56 bits per heavy atom. The third-order valence-electron chi connectivity index (χ3n) is 6.40. The zero-order valence-electron chi connectivity index (χ0n) is 22.1. The molecule has 5 nitrogen and oxygen atoms in total. The minimum Gasteiger partial charge on any atom is -0.497 e. The summed E-state index contributed by atoms with van der Waals surface area (Å²) >= 11 is 0. The van der Waals surface area contributed by atoms with Gasteiger partial charge in [-0.2, -0.15) is 0 Å². The van der Waals surface area contributed by atoms with E-state index in [1.54, 1.807) is 12.0 Å². The summed E-state index contributed by atoms with van der Waals surface area (Å²) < 4.78 is 5.41. The lowest BCUT2D eigenvalue weighted by Gasteiger charge is -2.32. The molecule has 0 saturated carbocycles. The summed E-state index contributed by atoms with van der Waals surface area (Å²) in [5.74, 6) is 0.505. The van der Waals surface area contributed by atoms with Crippen LogP contribution in [0.5, 0.6) is 5.75 Å². The lowest BCUT2D eigenvalue weighted by Crippen LogP contribution is -2.52. The molecular formula is C31H38N2O3. The van der Waals surface area contributed by atoms with Crippen LogP contribution in [-0.4, -0.2) is 35.9 Å². The maximum Gasteiger partial charge on any atom is 0.243 e. The number of nitrogens with zero attached hydrogens (tertiary/aromatic N) is 1. The van der Waals surface area contributed by atoms with Crippen LogP contribution in [0.3, 0.4) is 0 Å². The smallest absolute Gasteiger partial charge is 0.243 e. The summed E-state index contributed by atoms with van der Waals surface area (Å²) in [6.45, 7) is 8.41. The molecule has 0 heterocycles. The number of carbonyl (C=O) groups is 2. The first kappa shape index (κ1) is 27.0. The Kier molecular flexibility index (Phi) is 9.69. The molecule has 0 bridgehead atoms. The van der Waals surface area contributed by atoms with E-state index in [1.807, 2.05) is 94.4 Å². The van der Waals surface area contributed by atoms with Crippen LogP contribution in [0.15, 0.2) is 72.8 Å². The quantitative estimate of drug-likeness (QED) is 0.394. The molecule has 0 aromatic heterocycles. The minimum absolute atomic E-state index is 0.0176. The van der Waals surface area contributed by atoms with Crippen molar-refractivity contribution in [2.45, 2.75) is 65.6 Å². The molecule has 0 saturated heterocycles. The molecule has 0 aliphatic rings. The highest BCUT2D eigenvalue weighted by Gasteiger charge is 2.31. The molecule has 0 spiro atoms. The number of amides is 2. The highest BCUT2D eigenvalue weighted by molar-refractivity contribution is 5.89. The van der Waals surface area contributed by atoms with E-state index in [0.29, 0.717) is 13.0 Å². The van der Waals surface area contributed by atoms with Crippen molar-refractivity contribution in [1.82, 2.24) is 10.2 Å². The Labute approximate surface area is 215 Å². The van der Waals surface area contributed by atoms with Crippen LogP contribution in [0.4, 0.5) is 0 Å². The first-order valence-corrected chi connectivity index (χ1v) is 12.6. The van der Waals surface area contributed by atoms with Gasteiger partial charge in [0, 0.05) is 19.0 Å². The van der Waals surface area contributed by atoms with Crippen molar-refractivity contribution >= 4 is 11.8 Å². The SMILES string of the molecule is CC[C@H](C)NC(=O)[C@@H](Cc1ccccc1)N(Cc1cccc(OC)c1)C(=O)Cc1cc(C)cc(C)c1. The number of carbonyl (C=O) groups excluding carboxylic acids is 2. The van der Waals surface area contributed by atoms with Gasteiger partial charge in [0.1, 0.15) is 11.8 Å². The van der Waals surface area contributed by atoms with Gasteiger partial charge in [0.2, 0.25) is 11.8 Å². The average Bonchev–Trinajstić information content (AvgIpc) is 2.86. The molecule has 0 radical (unpaired) electrons. The molecule has 3 rings (SSSR count). The summed E-state index contributed by atoms with van der Waals surface area (Å²) in [5, 5.41) is 3.12. The maximum absolute atomic E-state index is 13.9. The van der Waals surface area contributed by atoms with E-state index in [2.05, 4.69) is 11.4 Å². The summed E-state index contributed by atoms with van der Waals surface area (Å²) in [6, 6.07) is 23.1. The monoisotopic (exact) mass is 486 g/mol. The minimum atomic E-state index is -0.647. The summed E-state index contributed by atoms with van der Waals surface area (Å²) in [6.07, 6.45) is 1.48. The number of rotatable bonds is 11. The third kappa shape index (κ3) is 7.70. The molecule has 0 aliphatic carbocycles. The number of ether oxygens (including phenoxy) is 1. The Hall–Kier alpha value is -3.60. The van der Waals surface area contributed by atoms with Gasteiger partial charge in [-0.15, -0.1) is 0 Å². The second-order valence-corrected chi connectivity index (χ2v) is 9.57. The van der Waals surface area contributed by atoms with Crippen molar-refractivity contribution in [2.75, 3.05) is 7.11 Å². The molecule has 36 heavy (non-hydrogen) atoms. The Morgan fingerprint density at radius 3 is 2.19 bits per heavy atom. The molecular weight excluding hydrogens is 448 g/mol. The zero-order valence-corrected chi connectivity index (χ0v) is 22.1. The van der Waals surface area contributed by atoms with Crippen LogP contribution >= 0.6 is 0 Å². The predicted molar refractivity (Wildman–Crippen MR) is 145 cm³/mol. The van der Waals surface area contributed by atoms with Crippen molar-refractivity contribution in [1.29, 1.82) is 0 Å². The van der Waals surface area contributed by atoms with Gasteiger partial charge in [0.25, 0.3) is 0 Å². The fourth-order valence-corrected chi connectivity index (χ4v) is 4.41. The number of benzene rings is 3. The van der Waals surface area contributed by atoms with Crippen molar-refractivity contribution in [3.8, 4) is 5.75 Å².